The van der Waals surface area contributed by atoms with Gasteiger partial charge in [-0.2, -0.15) is 4.68 Å². The molecule has 0 aliphatic rings. The lowest BCUT2D eigenvalue weighted by atomic mass is 10.2. The molecule has 152 valence electrons. The van der Waals surface area contributed by atoms with Gasteiger partial charge in [0, 0.05) is 18.7 Å². The normalized spacial score (nSPS) is 11.0. The molecule has 11 heteroatoms. The number of H-pyrrole nitrogens is 1. The van der Waals surface area contributed by atoms with Crippen LogP contribution in [0.5, 0.6) is 0 Å². The van der Waals surface area contributed by atoms with Crippen molar-refractivity contribution in [3.63, 3.8) is 0 Å². The van der Waals surface area contributed by atoms with Crippen LogP contribution in [0.15, 0.2) is 52.1 Å². The fraction of sp³-hybridized carbons (Fsp3) is 0.158. The molecule has 0 aliphatic heterocycles. The van der Waals surface area contributed by atoms with Crippen molar-refractivity contribution in [1.29, 1.82) is 0 Å². The van der Waals surface area contributed by atoms with Gasteiger partial charge in [0.25, 0.3) is 5.56 Å². The van der Waals surface area contributed by atoms with Gasteiger partial charge in [-0.05, 0) is 47.7 Å². The van der Waals surface area contributed by atoms with E-state index < -0.39 is 17.1 Å². The topological polar surface area (TPSA) is 128 Å². The fourth-order valence-electron chi connectivity index (χ4n) is 3.11. The highest BCUT2D eigenvalue weighted by atomic mass is 19.1. The van der Waals surface area contributed by atoms with Crippen molar-refractivity contribution in [2.75, 3.05) is 5.32 Å². The largest absolute Gasteiger partial charge is 0.328 e. The summed E-state index contributed by atoms with van der Waals surface area (Å²) in [7, 11) is 0. The first-order valence-electron chi connectivity index (χ1n) is 9.00. The van der Waals surface area contributed by atoms with E-state index >= 15 is 0 Å². The van der Waals surface area contributed by atoms with Crippen molar-refractivity contribution in [2.45, 2.75) is 19.9 Å². The van der Waals surface area contributed by atoms with Crippen LogP contribution >= 0.6 is 0 Å². The molecule has 2 aromatic carbocycles. The van der Waals surface area contributed by atoms with Crippen LogP contribution in [-0.4, -0.2) is 35.7 Å². The van der Waals surface area contributed by atoms with Gasteiger partial charge >= 0.3 is 5.69 Å². The molecule has 4 aromatic rings. The summed E-state index contributed by atoms with van der Waals surface area (Å²) >= 11 is 0. The summed E-state index contributed by atoms with van der Waals surface area (Å²) in [5.41, 5.74) is -0.182. The molecule has 2 N–H and O–H groups in total. The minimum atomic E-state index is -0.593. The Morgan fingerprint density at radius 2 is 2.00 bits per heavy atom. The number of fused-ring (bicyclic) bond motifs is 1. The molecule has 0 unspecified atom stereocenters. The third-order valence-corrected chi connectivity index (χ3v) is 4.55. The molecular weight excluding hydrogens is 393 g/mol. The first-order valence-corrected chi connectivity index (χ1v) is 9.00. The smallest absolute Gasteiger partial charge is 0.326 e. The molecule has 0 fully saturated rings. The molecule has 0 saturated heterocycles. The van der Waals surface area contributed by atoms with Crippen molar-refractivity contribution in [2.24, 2.45) is 0 Å². The number of para-hydroxylation sites is 1. The molecule has 1 amide bonds. The summed E-state index contributed by atoms with van der Waals surface area (Å²) in [6.07, 6.45) is -0.0352. The third-order valence-electron chi connectivity index (χ3n) is 4.55. The Kier molecular flexibility index (Phi) is 4.92. The minimum absolute atomic E-state index is 0.0352. The highest BCUT2D eigenvalue weighted by Crippen LogP contribution is 2.19. The highest BCUT2D eigenvalue weighted by Gasteiger charge is 2.13. The molecular formula is C19H16FN7O3. The van der Waals surface area contributed by atoms with E-state index in [1.807, 2.05) is 0 Å². The Balaban J connectivity index is 1.53. The molecule has 0 radical (unpaired) electrons. The fourth-order valence-corrected chi connectivity index (χ4v) is 3.11. The molecule has 10 nitrogen and oxygen atoms in total. The predicted octanol–water partition coefficient (Wildman–Crippen LogP) is 1.14. The summed E-state index contributed by atoms with van der Waals surface area (Å²) in [6.45, 7) is 1.68. The van der Waals surface area contributed by atoms with Crippen molar-refractivity contribution >= 4 is 22.5 Å². The summed E-state index contributed by atoms with van der Waals surface area (Å²) in [5.74, 6) is -0.542. The van der Waals surface area contributed by atoms with Crippen molar-refractivity contribution < 1.29 is 9.18 Å². The number of aryl methyl sites for hydroxylation is 2. The number of nitrogens with one attached hydrogen (secondary N) is 2. The van der Waals surface area contributed by atoms with E-state index in [0.29, 0.717) is 22.4 Å². The van der Waals surface area contributed by atoms with E-state index in [4.69, 9.17) is 0 Å². The number of rotatable bonds is 5. The number of halogens is 1. The lowest BCUT2D eigenvalue weighted by molar-refractivity contribution is -0.116. The molecule has 30 heavy (non-hydrogen) atoms. The number of carbonyl (C=O) groups excluding carboxylic acids is 1. The summed E-state index contributed by atoms with van der Waals surface area (Å²) < 4.78 is 16.7. The van der Waals surface area contributed by atoms with Gasteiger partial charge in [0.1, 0.15) is 11.5 Å². The summed E-state index contributed by atoms with van der Waals surface area (Å²) in [5, 5.41) is 13.9. The maximum Gasteiger partial charge on any atom is 0.328 e. The zero-order chi connectivity index (χ0) is 21.3. The van der Waals surface area contributed by atoms with Crippen LogP contribution in [0.2, 0.25) is 0 Å². The number of aromatic nitrogens is 6. The van der Waals surface area contributed by atoms with E-state index in [2.05, 4.69) is 25.8 Å². The SMILES string of the molecule is Cc1nnnn1-c1cc(NC(=O)CCn2c(=O)[nH]c(=O)c3ccccc32)ccc1F. The van der Waals surface area contributed by atoms with Crippen molar-refractivity contribution in [3.05, 3.63) is 74.9 Å². The number of nitrogens with zero attached hydrogens (tertiary/aromatic N) is 5. The van der Waals surface area contributed by atoms with Gasteiger partial charge in [-0.3, -0.25) is 19.1 Å². The Morgan fingerprint density at radius 3 is 2.77 bits per heavy atom. The standard InChI is InChI=1S/C19H16FN7O3/c1-11-23-24-25-27(11)16-10-12(6-7-14(16)20)21-17(28)8-9-26-15-5-3-2-4-13(15)18(29)22-19(26)30/h2-7,10H,8-9H2,1H3,(H,21,28)(H,22,29,30). The van der Waals surface area contributed by atoms with Crippen LogP contribution in [0.4, 0.5) is 10.1 Å². The molecule has 4 rings (SSSR count). The number of aromatic amines is 1. The van der Waals surface area contributed by atoms with Crippen LogP contribution < -0.4 is 16.6 Å². The van der Waals surface area contributed by atoms with Gasteiger partial charge in [0.15, 0.2) is 5.82 Å². The van der Waals surface area contributed by atoms with Crippen molar-refractivity contribution in [3.8, 4) is 5.69 Å². The molecule has 0 atom stereocenters. The van der Waals surface area contributed by atoms with E-state index in [0.717, 1.165) is 0 Å². The zero-order valence-electron chi connectivity index (χ0n) is 15.8. The predicted molar refractivity (Wildman–Crippen MR) is 106 cm³/mol. The van der Waals surface area contributed by atoms with E-state index in [9.17, 15) is 18.8 Å². The number of amides is 1. The van der Waals surface area contributed by atoms with E-state index in [-0.39, 0.29) is 24.6 Å². The maximum atomic E-state index is 14.1. The maximum absolute atomic E-state index is 14.1. The Bertz CT molecular complexity index is 1370. The van der Waals surface area contributed by atoms with Gasteiger partial charge < -0.3 is 5.32 Å². The number of carbonyl (C=O) groups is 1. The second kappa shape index (κ2) is 7.70. The lowest BCUT2D eigenvalue weighted by Gasteiger charge is -2.11. The number of hydrogen-bond donors (Lipinski definition) is 2. The number of anilines is 1. The second-order valence-corrected chi connectivity index (χ2v) is 6.53. The number of benzene rings is 2. The first kappa shape index (κ1) is 19.2. The van der Waals surface area contributed by atoms with Crippen LogP contribution in [-0.2, 0) is 11.3 Å². The van der Waals surface area contributed by atoms with Gasteiger partial charge in [-0.1, -0.05) is 12.1 Å². The van der Waals surface area contributed by atoms with Crippen LogP contribution in [0.3, 0.4) is 0 Å². The van der Waals surface area contributed by atoms with E-state index in [1.165, 1.54) is 27.4 Å². The summed E-state index contributed by atoms with van der Waals surface area (Å²) in [4.78, 5) is 38.8. The Labute approximate surface area is 168 Å². The molecule has 0 saturated carbocycles. The molecule has 0 aliphatic carbocycles. The number of hydrogen-bond acceptors (Lipinski definition) is 6. The monoisotopic (exact) mass is 409 g/mol. The molecule has 2 aromatic heterocycles. The second-order valence-electron chi connectivity index (χ2n) is 6.53. The highest BCUT2D eigenvalue weighted by molar-refractivity contribution is 5.91. The minimum Gasteiger partial charge on any atom is -0.326 e. The zero-order valence-corrected chi connectivity index (χ0v) is 15.8. The lowest BCUT2D eigenvalue weighted by Crippen LogP contribution is -2.31. The van der Waals surface area contributed by atoms with Gasteiger partial charge in [0.05, 0.1) is 10.9 Å². The van der Waals surface area contributed by atoms with E-state index in [1.54, 1.807) is 31.2 Å². The van der Waals surface area contributed by atoms with Crippen LogP contribution in [0, 0.1) is 12.7 Å². The molecule has 0 spiro atoms. The first-order chi connectivity index (χ1) is 14.4. The Morgan fingerprint density at radius 1 is 1.20 bits per heavy atom. The third kappa shape index (κ3) is 3.60. The quantitative estimate of drug-likeness (QED) is 0.509. The van der Waals surface area contributed by atoms with Gasteiger partial charge in [-0.25, -0.2) is 9.18 Å². The van der Waals surface area contributed by atoms with Gasteiger partial charge in [0.2, 0.25) is 5.91 Å². The average molecular weight is 409 g/mol. The Hall–Kier alpha value is -4.15. The molecule has 2 heterocycles. The average Bonchev–Trinajstić information content (AvgIpc) is 3.15. The van der Waals surface area contributed by atoms with Gasteiger partial charge in [-0.15, -0.1) is 5.10 Å². The number of tetrazole rings is 1. The molecule has 0 bridgehead atoms. The van der Waals surface area contributed by atoms with Crippen LogP contribution in [0.25, 0.3) is 16.6 Å². The van der Waals surface area contributed by atoms with Crippen molar-refractivity contribution in [1.82, 2.24) is 29.8 Å². The van der Waals surface area contributed by atoms with Crippen LogP contribution in [0.1, 0.15) is 12.2 Å². The summed E-state index contributed by atoms with van der Waals surface area (Å²) in [6, 6.07) is 10.7.